The van der Waals surface area contributed by atoms with Gasteiger partial charge in [0.1, 0.15) is 5.69 Å². The molecule has 2 aromatic carbocycles. The number of fused-ring (bicyclic) bond motifs is 2. The molecule has 0 spiro atoms. The van der Waals surface area contributed by atoms with E-state index in [-0.39, 0.29) is 0 Å². The van der Waals surface area contributed by atoms with Gasteiger partial charge in [0.15, 0.2) is 29.1 Å². The minimum absolute atomic E-state index is 0.429. The fraction of sp³-hybridized carbons (Fsp3) is 0. The predicted octanol–water partition coefficient (Wildman–Crippen LogP) is 6.67. The van der Waals surface area contributed by atoms with Crippen molar-refractivity contribution in [1.82, 2.24) is 59.8 Å². The summed E-state index contributed by atoms with van der Waals surface area (Å²) in [5.41, 5.74) is 5.97. The van der Waals surface area contributed by atoms with Crippen LogP contribution in [0, 0.1) is 0 Å². The summed E-state index contributed by atoms with van der Waals surface area (Å²) >= 11 is 0. The van der Waals surface area contributed by atoms with Gasteiger partial charge in [-0.25, -0.2) is 54.8 Å². The number of hydrogen-bond acceptors (Lipinski definition) is 11. The maximum atomic E-state index is 5.35. The highest BCUT2D eigenvalue weighted by atomic mass is 14.9. The molecule has 0 saturated carbocycles. The van der Waals surface area contributed by atoms with Crippen molar-refractivity contribution in [1.29, 1.82) is 0 Å². The first-order valence-electron chi connectivity index (χ1n) is 15.3. The zero-order valence-corrected chi connectivity index (χ0v) is 25.5. The third-order valence-corrected chi connectivity index (χ3v) is 8.02. The fourth-order valence-corrected chi connectivity index (χ4v) is 6.00. The first kappa shape index (κ1) is 28.0. The molecule has 0 saturated heterocycles. The molecule has 9 rings (SSSR count). The van der Waals surface area contributed by atoms with E-state index < -0.39 is 0 Å². The SMILES string of the molecule is c1cnc(-c2cc3nc(-c4ncc5ccccc5n4)c(-c4ccc[nH]4)c(-c4ncccn4)c3c(-c3ncccn3)c2-c2ncccn2)nc1. The third kappa shape index (κ3) is 4.91. The second-order valence-electron chi connectivity index (χ2n) is 10.9. The van der Waals surface area contributed by atoms with Gasteiger partial charge in [0, 0.05) is 106 Å². The van der Waals surface area contributed by atoms with Gasteiger partial charge in [0.25, 0.3) is 0 Å². The van der Waals surface area contributed by atoms with E-state index in [9.17, 15) is 0 Å². The molecule has 49 heavy (non-hydrogen) atoms. The molecule has 7 aromatic heterocycles. The Morgan fingerprint density at radius 1 is 0.429 bits per heavy atom. The quantitative estimate of drug-likeness (QED) is 0.208. The summed E-state index contributed by atoms with van der Waals surface area (Å²) in [6.45, 7) is 0. The van der Waals surface area contributed by atoms with Gasteiger partial charge in [0.2, 0.25) is 0 Å². The monoisotopic (exact) mass is 634 g/mol. The van der Waals surface area contributed by atoms with Crippen LogP contribution in [0.1, 0.15) is 0 Å². The molecule has 0 radical (unpaired) electrons. The standard InChI is InChI=1S/C37H22N12/c1-2-9-24-22(8-1)21-47-37(49-24)32-29(25-10-3-11-38-25)31(36-45-18-7-19-46-36)28-26(48-32)20-23(33-39-12-4-13-40-33)27(34-41-14-5-15-42-34)30(28)35-43-16-6-17-44-35/h1-21,38H. The number of hydrogen-bond donors (Lipinski definition) is 1. The smallest absolute Gasteiger partial charge is 0.179 e. The van der Waals surface area contributed by atoms with Crippen LogP contribution >= 0.6 is 0 Å². The highest BCUT2D eigenvalue weighted by Gasteiger charge is 2.30. The Morgan fingerprint density at radius 3 is 1.61 bits per heavy atom. The molecule has 0 fully saturated rings. The van der Waals surface area contributed by atoms with Crippen molar-refractivity contribution in [3.05, 3.63) is 129 Å². The molecule has 0 amide bonds. The zero-order chi connectivity index (χ0) is 32.6. The van der Waals surface area contributed by atoms with Crippen molar-refractivity contribution in [3.8, 4) is 68.3 Å². The van der Waals surface area contributed by atoms with Gasteiger partial charge in [-0.15, -0.1) is 0 Å². The van der Waals surface area contributed by atoms with Gasteiger partial charge in [-0.2, -0.15) is 0 Å². The second kappa shape index (κ2) is 11.9. The normalized spacial score (nSPS) is 11.3. The molecule has 9 aromatic rings. The first-order chi connectivity index (χ1) is 24.3. The number of benzene rings is 2. The summed E-state index contributed by atoms with van der Waals surface area (Å²) in [5.74, 6) is 2.23. The molecule has 0 unspecified atom stereocenters. The lowest BCUT2D eigenvalue weighted by Crippen LogP contribution is -2.06. The molecule has 0 atom stereocenters. The number of nitrogens with zero attached hydrogens (tertiary/aromatic N) is 11. The van der Waals surface area contributed by atoms with Gasteiger partial charge >= 0.3 is 0 Å². The van der Waals surface area contributed by atoms with E-state index in [1.54, 1.807) is 73.8 Å². The van der Waals surface area contributed by atoms with Crippen molar-refractivity contribution in [2.24, 2.45) is 0 Å². The molecule has 0 aliphatic heterocycles. The van der Waals surface area contributed by atoms with Gasteiger partial charge in [-0.3, -0.25) is 0 Å². The van der Waals surface area contributed by atoms with E-state index in [2.05, 4.69) is 15.0 Å². The molecule has 12 heteroatoms. The summed E-state index contributed by atoms with van der Waals surface area (Å²) < 4.78 is 0. The van der Waals surface area contributed by atoms with Crippen LogP contribution in [0.25, 0.3) is 90.1 Å². The van der Waals surface area contributed by atoms with E-state index in [1.165, 1.54) is 0 Å². The van der Waals surface area contributed by atoms with Crippen LogP contribution in [0.2, 0.25) is 0 Å². The predicted molar refractivity (Wildman–Crippen MR) is 184 cm³/mol. The van der Waals surface area contributed by atoms with E-state index in [4.69, 9.17) is 44.9 Å². The van der Waals surface area contributed by atoms with Gasteiger partial charge < -0.3 is 4.98 Å². The largest absolute Gasteiger partial charge is 0.361 e. The summed E-state index contributed by atoms with van der Waals surface area (Å²) in [5, 5.41) is 1.60. The number of rotatable bonds is 6. The summed E-state index contributed by atoms with van der Waals surface area (Å²) in [7, 11) is 0. The Morgan fingerprint density at radius 2 is 1.00 bits per heavy atom. The molecular formula is C37H22N12. The van der Waals surface area contributed by atoms with E-state index in [0.717, 1.165) is 16.6 Å². The Balaban J connectivity index is 1.54. The van der Waals surface area contributed by atoms with Gasteiger partial charge in [0.05, 0.1) is 11.0 Å². The highest BCUT2D eigenvalue weighted by molar-refractivity contribution is 6.16. The number of pyridine rings is 1. The number of aromatic amines is 1. The lowest BCUT2D eigenvalue weighted by molar-refractivity contribution is 1.14. The van der Waals surface area contributed by atoms with Crippen molar-refractivity contribution in [2.75, 3.05) is 0 Å². The highest BCUT2D eigenvalue weighted by Crippen LogP contribution is 2.48. The third-order valence-electron chi connectivity index (χ3n) is 8.02. The van der Waals surface area contributed by atoms with Crippen LogP contribution in [-0.4, -0.2) is 59.8 Å². The Hall–Kier alpha value is -7.21. The number of para-hydroxylation sites is 1. The summed E-state index contributed by atoms with van der Waals surface area (Å²) in [6.07, 6.45) is 17.3. The first-order valence-corrected chi connectivity index (χ1v) is 15.3. The zero-order valence-electron chi connectivity index (χ0n) is 25.5. The lowest BCUT2D eigenvalue weighted by atomic mass is 9.88. The summed E-state index contributed by atoms with van der Waals surface area (Å²) in [4.78, 5) is 56.3. The molecule has 0 aliphatic carbocycles. The van der Waals surface area contributed by atoms with Crippen LogP contribution in [0.5, 0.6) is 0 Å². The van der Waals surface area contributed by atoms with Crippen LogP contribution < -0.4 is 0 Å². The Labute approximate surface area is 278 Å². The van der Waals surface area contributed by atoms with Crippen LogP contribution in [0.15, 0.2) is 129 Å². The average Bonchev–Trinajstić information content (AvgIpc) is 3.72. The Bertz CT molecular complexity index is 2580. The Kier molecular flexibility index (Phi) is 6.79. The average molecular weight is 635 g/mol. The van der Waals surface area contributed by atoms with E-state index in [1.807, 2.05) is 54.9 Å². The molecule has 1 N–H and O–H groups in total. The minimum atomic E-state index is 0.429. The summed E-state index contributed by atoms with van der Waals surface area (Å²) in [6, 6.07) is 20.8. The number of nitrogens with one attached hydrogen (secondary N) is 1. The number of aromatic nitrogens is 12. The van der Waals surface area contributed by atoms with Gasteiger partial charge in [-0.05, 0) is 48.5 Å². The van der Waals surface area contributed by atoms with E-state index >= 15 is 0 Å². The van der Waals surface area contributed by atoms with Crippen molar-refractivity contribution >= 4 is 21.8 Å². The van der Waals surface area contributed by atoms with Crippen LogP contribution in [0.3, 0.4) is 0 Å². The van der Waals surface area contributed by atoms with Crippen LogP contribution in [0.4, 0.5) is 0 Å². The van der Waals surface area contributed by atoms with Gasteiger partial charge in [-0.1, -0.05) is 18.2 Å². The minimum Gasteiger partial charge on any atom is -0.361 e. The topological polar surface area (TPSA) is 158 Å². The second-order valence-corrected chi connectivity index (χ2v) is 10.9. The molecule has 7 heterocycles. The molecule has 12 nitrogen and oxygen atoms in total. The van der Waals surface area contributed by atoms with Crippen molar-refractivity contribution in [2.45, 2.75) is 0 Å². The maximum Gasteiger partial charge on any atom is 0.179 e. The number of H-pyrrole nitrogens is 1. The van der Waals surface area contributed by atoms with Crippen molar-refractivity contribution in [3.63, 3.8) is 0 Å². The maximum absolute atomic E-state index is 5.35. The fourth-order valence-electron chi connectivity index (χ4n) is 6.00. The molecule has 230 valence electrons. The van der Waals surface area contributed by atoms with Crippen molar-refractivity contribution < 1.29 is 0 Å². The lowest BCUT2D eigenvalue weighted by Gasteiger charge is -2.21. The van der Waals surface area contributed by atoms with Crippen LogP contribution in [-0.2, 0) is 0 Å². The molecule has 0 aliphatic rings. The molecule has 0 bridgehead atoms. The van der Waals surface area contributed by atoms with E-state index in [0.29, 0.717) is 73.5 Å². The molecular weight excluding hydrogens is 612 g/mol.